The minimum atomic E-state index is -5.68. The number of alkyl halides is 6. The summed E-state index contributed by atoms with van der Waals surface area (Å²) in [7, 11) is 0. The maximum absolute atomic E-state index is 12.1. The number of hydrogen-bond acceptors (Lipinski definition) is 2. The molecule has 9 heteroatoms. The number of ether oxygens (including phenoxy) is 1. The fraction of sp³-hybridized carbons (Fsp3) is 0.917. The lowest BCUT2D eigenvalue weighted by Gasteiger charge is -2.22. The summed E-state index contributed by atoms with van der Waals surface area (Å²) in [6, 6.07) is 0. The Balaban J connectivity index is 4.01. The molecule has 0 aliphatic rings. The molecule has 1 amide bonds. The Labute approximate surface area is 119 Å². The van der Waals surface area contributed by atoms with Gasteiger partial charge >= 0.3 is 18.4 Å². The number of carbonyl (C=O) groups is 1. The van der Waals surface area contributed by atoms with Gasteiger partial charge in [-0.25, -0.2) is 4.79 Å². The van der Waals surface area contributed by atoms with Crippen molar-refractivity contribution in [3.05, 3.63) is 0 Å². The Bertz CT molecular complexity index is 289. The lowest BCUT2D eigenvalue weighted by molar-refractivity contribution is -0.306. The zero-order valence-electron chi connectivity index (χ0n) is 11.6. The molecule has 0 aliphatic heterocycles. The Kier molecular flexibility index (Phi) is 8.50. The SMILES string of the molecule is CCCCCCCCNC(=O)OC(C(F)(F)F)C(F)(F)F. The normalized spacial score (nSPS) is 12.6. The highest BCUT2D eigenvalue weighted by Gasteiger charge is 2.59. The molecule has 0 rings (SSSR count). The van der Waals surface area contributed by atoms with Crippen molar-refractivity contribution >= 4 is 6.09 Å². The number of rotatable bonds is 8. The van der Waals surface area contributed by atoms with Crippen molar-refractivity contribution in [1.82, 2.24) is 5.32 Å². The highest BCUT2D eigenvalue weighted by molar-refractivity contribution is 5.67. The lowest BCUT2D eigenvalue weighted by atomic mass is 10.1. The summed E-state index contributed by atoms with van der Waals surface area (Å²) in [5.41, 5.74) is 0. The minimum absolute atomic E-state index is 0.0204. The molecule has 0 aliphatic carbocycles. The van der Waals surface area contributed by atoms with Gasteiger partial charge < -0.3 is 10.1 Å². The maximum atomic E-state index is 12.1. The molecule has 0 saturated carbocycles. The van der Waals surface area contributed by atoms with Crippen LogP contribution in [-0.2, 0) is 4.74 Å². The van der Waals surface area contributed by atoms with Crippen molar-refractivity contribution in [3.63, 3.8) is 0 Å². The monoisotopic (exact) mass is 323 g/mol. The van der Waals surface area contributed by atoms with E-state index < -0.39 is 24.5 Å². The van der Waals surface area contributed by atoms with Crippen LogP contribution in [0.25, 0.3) is 0 Å². The van der Waals surface area contributed by atoms with E-state index in [2.05, 4.69) is 4.74 Å². The van der Waals surface area contributed by atoms with Gasteiger partial charge in [-0.2, -0.15) is 26.3 Å². The third-order valence-corrected chi connectivity index (χ3v) is 2.62. The zero-order chi connectivity index (χ0) is 16.5. The van der Waals surface area contributed by atoms with Gasteiger partial charge in [0.05, 0.1) is 0 Å². The molecule has 0 saturated heterocycles. The summed E-state index contributed by atoms with van der Waals surface area (Å²) in [6.45, 7) is 2.02. The third-order valence-electron chi connectivity index (χ3n) is 2.62. The van der Waals surface area contributed by atoms with E-state index in [0.29, 0.717) is 6.42 Å². The molecule has 0 spiro atoms. The molecule has 0 atom stereocenters. The predicted octanol–water partition coefficient (Wildman–Crippen LogP) is 4.57. The molecular weight excluding hydrogens is 304 g/mol. The van der Waals surface area contributed by atoms with Crippen molar-refractivity contribution in [3.8, 4) is 0 Å². The maximum Gasteiger partial charge on any atom is 0.434 e. The third kappa shape index (κ3) is 9.41. The van der Waals surface area contributed by atoms with Crippen LogP contribution in [0.3, 0.4) is 0 Å². The molecule has 3 nitrogen and oxygen atoms in total. The molecule has 0 fully saturated rings. The van der Waals surface area contributed by atoms with Crippen LogP contribution < -0.4 is 5.32 Å². The molecule has 0 bridgehead atoms. The summed E-state index contributed by atoms with van der Waals surface area (Å²) in [4.78, 5) is 10.9. The van der Waals surface area contributed by atoms with E-state index in [0.717, 1.165) is 32.1 Å². The molecule has 0 aromatic carbocycles. The topological polar surface area (TPSA) is 38.3 Å². The average Bonchev–Trinajstić information content (AvgIpc) is 2.32. The molecule has 0 aromatic rings. The van der Waals surface area contributed by atoms with Crippen LogP contribution in [0.1, 0.15) is 45.4 Å². The fourth-order valence-corrected chi connectivity index (χ4v) is 1.56. The quantitative estimate of drug-likeness (QED) is 0.525. The summed E-state index contributed by atoms with van der Waals surface area (Å²) in [5, 5.41) is 1.89. The summed E-state index contributed by atoms with van der Waals surface area (Å²) < 4.78 is 76.1. The van der Waals surface area contributed by atoms with Gasteiger partial charge in [0, 0.05) is 6.54 Å². The summed E-state index contributed by atoms with van der Waals surface area (Å²) >= 11 is 0. The van der Waals surface area contributed by atoms with Crippen LogP contribution in [0.5, 0.6) is 0 Å². The second-order valence-corrected chi connectivity index (χ2v) is 4.56. The zero-order valence-corrected chi connectivity index (χ0v) is 11.6. The molecular formula is C12H19F6NO2. The predicted molar refractivity (Wildman–Crippen MR) is 63.8 cm³/mol. The summed E-state index contributed by atoms with van der Waals surface area (Å²) in [5.74, 6) is 0. The van der Waals surface area contributed by atoms with Crippen molar-refractivity contribution in [2.75, 3.05) is 6.54 Å². The first-order chi connectivity index (χ1) is 9.59. The Morgan fingerprint density at radius 3 is 1.90 bits per heavy atom. The minimum Gasteiger partial charge on any atom is -0.427 e. The first-order valence-electron chi connectivity index (χ1n) is 6.67. The molecule has 0 heterocycles. The van der Waals surface area contributed by atoms with Gasteiger partial charge in [-0.1, -0.05) is 39.0 Å². The Morgan fingerprint density at radius 2 is 1.43 bits per heavy atom. The summed E-state index contributed by atoms with van der Waals surface area (Å²) in [6.07, 6.45) is -12.0. The number of carbonyl (C=O) groups excluding carboxylic acids is 1. The van der Waals surface area contributed by atoms with Gasteiger partial charge in [0.2, 0.25) is 0 Å². The standard InChI is InChI=1S/C12H19F6NO2/c1-2-3-4-5-6-7-8-19-10(20)21-9(11(13,14)15)12(16,17)18/h9H,2-8H2,1H3,(H,19,20). The second kappa shape index (κ2) is 8.99. The number of halogens is 6. The molecule has 0 unspecified atom stereocenters. The lowest BCUT2D eigenvalue weighted by Crippen LogP contribution is -2.47. The van der Waals surface area contributed by atoms with E-state index in [1.54, 1.807) is 0 Å². The van der Waals surface area contributed by atoms with E-state index >= 15 is 0 Å². The number of nitrogens with one attached hydrogen (secondary N) is 1. The van der Waals surface area contributed by atoms with Gasteiger partial charge in [-0.15, -0.1) is 0 Å². The number of amides is 1. The van der Waals surface area contributed by atoms with Crippen molar-refractivity contribution in [1.29, 1.82) is 0 Å². The van der Waals surface area contributed by atoms with E-state index in [1.807, 2.05) is 12.2 Å². The number of alkyl carbamates (subject to hydrolysis) is 1. The van der Waals surface area contributed by atoms with Gasteiger partial charge in [-0.3, -0.25) is 0 Å². The van der Waals surface area contributed by atoms with Crippen LogP contribution in [0.2, 0.25) is 0 Å². The highest BCUT2D eigenvalue weighted by atomic mass is 19.4. The Morgan fingerprint density at radius 1 is 0.952 bits per heavy atom. The van der Waals surface area contributed by atoms with Crippen LogP contribution in [-0.4, -0.2) is 31.1 Å². The van der Waals surface area contributed by atoms with E-state index in [4.69, 9.17) is 0 Å². The van der Waals surface area contributed by atoms with Crippen LogP contribution in [0, 0.1) is 0 Å². The van der Waals surface area contributed by atoms with Crippen LogP contribution in [0.4, 0.5) is 31.1 Å². The van der Waals surface area contributed by atoms with Crippen LogP contribution in [0.15, 0.2) is 0 Å². The average molecular weight is 323 g/mol. The molecule has 0 radical (unpaired) electrons. The highest BCUT2D eigenvalue weighted by Crippen LogP contribution is 2.35. The van der Waals surface area contributed by atoms with Gasteiger partial charge in [0.25, 0.3) is 6.10 Å². The van der Waals surface area contributed by atoms with E-state index in [-0.39, 0.29) is 6.54 Å². The van der Waals surface area contributed by atoms with Gasteiger partial charge in [0.1, 0.15) is 0 Å². The van der Waals surface area contributed by atoms with Crippen molar-refractivity contribution in [2.24, 2.45) is 0 Å². The van der Waals surface area contributed by atoms with Crippen molar-refractivity contribution < 1.29 is 35.9 Å². The van der Waals surface area contributed by atoms with Gasteiger partial charge in [-0.05, 0) is 6.42 Å². The van der Waals surface area contributed by atoms with E-state index in [9.17, 15) is 31.1 Å². The smallest absolute Gasteiger partial charge is 0.427 e. The number of unbranched alkanes of at least 4 members (excludes halogenated alkanes) is 5. The molecule has 0 aromatic heterocycles. The van der Waals surface area contributed by atoms with Crippen LogP contribution >= 0.6 is 0 Å². The molecule has 126 valence electrons. The first-order valence-corrected chi connectivity index (χ1v) is 6.67. The Hall–Kier alpha value is -1.15. The first kappa shape index (κ1) is 19.9. The largest absolute Gasteiger partial charge is 0.434 e. The molecule has 21 heavy (non-hydrogen) atoms. The van der Waals surface area contributed by atoms with Gasteiger partial charge in [0.15, 0.2) is 0 Å². The molecule has 1 N–H and O–H groups in total. The van der Waals surface area contributed by atoms with Crippen molar-refractivity contribution in [2.45, 2.75) is 63.9 Å². The number of hydrogen-bond donors (Lipinski definition) is 1. The van der Waals surface area contributed by atoms with E-state index in [1.165, 1.54) is 0 Å². The fourth-order valence-electron chi connectivity index (χ4n) is 1.56. The second-order valence-electron chi connectivity index (χ2n) is 4.56.